The number of primary amides is 1. The smallest absolute Gasteiger partial charge is 0.270 e. The van der Waals surface area contributed by atoms with Gasteiger partial charge in [0.15, 0.2) is 0 Å². The first-order valence-corrected chi connectivity index (χ1v) is 9.82. The van der Waals surface area contributed by atoms with Crippen molar-refractivity contribution in [1.29, 1.82) is 0 Å². The quantitative estimate of drug-likeness (QED) is 0.732. The van der Waals surface area contributed by atoms with E-state index in [9.17, 15) is 9.59 Å². The zero-order valence-corrected chi connectivity index (χ0v) is 16.2. The number of fused-ring (bicyclic) bond motifs is 1. The average molecular weight is 396 g/mol. The summed E-state index contributed by atoms with van der Waals surface area (Å²) in [6.45, 7) is 1.69. The van der Waals surface area contributed by atoms with Crippen molar-refractivity contribution in [3.63, 3.8) is 0 Å². The van der Waals surface area contributed by atoms with E-state index in [0.717, 1.165) is 16.5 Å². The summed E-state index contributed by atoms with van der Waals surface area (Å²) < 4.78 is 2.06. The SMILES string of the molecule is NC(=O)C1CCN(C(=O)c2cc3ccccc3n2Cc2ccc(Cl)cc2)CC1. The molecule has 0 spiro atoms. The molecule has 1 fully saturated rings. The second-order valence-corrected chi connectivity index (χ2v) is 7.71. The third-order valence-corrected chi connectivity index (χ3v) is 5.72. The molecule has 0 aliphatic carbocycles. The Kier molecular flexibility index (Phi) is 5.09. The molecule has 6 heteroatoms. The normalized spacial score (nSPS) is 15.1. The minimum absolute atomic E-state index is 0.00640. The molecule has 0 radical (unpaired) electrons. The molecule has 2 heterocycles. The lowest BCUT2D eigenvalue weighted by atomic mass is 9.96. The predicted molar refractivity (Wildman–Crippen MR) is 110 cm³/mol. The van der Waals surface area contributed by atoms with E-state index in [1.807, 2.05) is 59.5 Å². The molecule has 5 nitrogen and oxygen atoms in total. The third kappa shape index (κ3) is 3.62. The van der Waals surface area contributed by atoms with Crippen LogP contribution in [0.1, 0.15) is 28.9 Å². The number of piperidine rings is 1. The first-order valence-electron chi connectivity index (χ1n) is 9.44. The summed E-state index contributed by atoms with van der Waals surface area (Å²) in [6.07, 6.45) is 1.25. The van der Waals surface area contributed by atoms with E-state index < -0.39 is 0 Å². The van der Waals surface area contributed by atoms with Crippen LogP contribution in [0.4, 0.5) is 0 Å². The number of aromatic nitrogens is 1. The number of nitrogens with zero attached hydrogens (tertiary/aromatic N) is 2. The van der Waals surface area contributed by atoms with E-state index in [2.05, 4.69) is 4.57 Å². The molecule has 0 saturated carbocycles. The fourth-order valence-electron chi connectivity index (χ4n) is 3.86. The molecule has 0 unspecified atom stereocenters. The highest BCUT2D eigenvalue weighted by Gasteiger charge is 2.28. The van der Waals surface area contributed by atoms with Crippen molar-refractivity contribution in [2.24, 2.45) is 11.7 Å². The third-order valence-electron chi connectivity index (χ3n) is 5.47. The second kappa shape index (κ2) is 7.68. The van der Waals surface area contributed by atoms with E-state index in [4.69, 9.17) is 17.3 Å². The predicted octanol–water partition coefficient (Wildman–Crippen LogP) is 3.68. The molecule has 2 amide bonds. The van der Waals surface area contributed by atoms with Gasteiger partial charge in [-0.05, 0) is 42.7 Å². The van der Waals surface area contributed by atoms with Crippen molar-refractivity contribution in [3.05, 3.63) is 70.9 Å². The van der Waals surface area contributed by atoms with Gasteiger partial charge < -0.3 is 15.2 Å². The van der Waals surface area contributed by atoms with Gasteiger partial charge in [0.2, 0.25) is 5.91 Å². The number of hydrogen-bond acceptors (Lipinski definition) is 2. The zero-order valence-electron chi connectivity index (χ0n) is 15.5. The van der Waals surface area contributed by atoms with Crippen molar-refractivity contribution in [1.82, 2.24) is 9.47 Å². The Labute approximate surface area is 168 Å². The zero-order chi connectivity index (χ0) is 19.7. The van der Waals surface area contributed by atoms with Gasteiger partial charge in [0.1, 0.15) is 5.69 Å². The minimum Gasteiger partial charge on any atom is -0.369 e. The van der Waals surface area contributed by atoms with E-state index in [0.29, 0.717) is 43.2 Å². The molecule has 28 heavy (non-hydrogen) atoms. The molecule has 1 aliphatic rings. The van der Waals surface area contributed by atoms with Crippen LogP contribution in [-0.4, -0.2) is 34.4 Å². The highest BCUT2D eigenvalue weighted by Crippen LogP contribution is 2.25. The Hall–Kier alpha value is -2.79. The summed E-state index contributed by atoms with van der Waals surface area (Å²) >= 11 is 6.01. The number of amides is 2. The summed E-state index contributed by atoms with van der Waals surface area (Å²) in [6, 6.07) is 17.6. The molecule has 1 aliphatic heterocycles. The highest BCUT2D eigenvalue weighted by atomic mass is 35.5. The van der Waals surface area contributed by atoms with Gasteiger partial charge in [0.25, 0.3) is 5.91 Å². The lowest BCUT2D eigenvalue weighted by Gasteiger charge is -2.30. The van der Waals surface area contributed by atoms with Crippen molar-refractivity contribution in [3.8, 4) is 0 Å². The van der Waals surface area contributed by atoms with Crippen LogP contribution in [0, 0.1) is 5.92 Å². The number of carbonyl (C=O) groups is 2. The van der Waals surface area contributed by atoms with Crippen LogP contribution in [-0.2, 0) is 11.3 Å². The number of benzene rings is 2. The van der Waals surface area contributed by atoms with Gasteiger partial charge >= 0.3 is 0 Å². The van der Waals surface area contributed by atoms with Gasteiger partial charge in [-0.3, -0.25) is 9.59 Å². The first-order chi connectivity index (χ1) is 13.5. The Balaban J connectivity index is 1.65. The fourth-order valence-corrected chi connectivity index (χ4v) is 3.99. The van der Waals surface area contributed by atoms with Crippen molar-refractivity contribution >= 4 is 34.3 Å². The fraction of sp³-hybridized carbons (Fsp3) is 0.273. The average Bonchev–Trinajstić information content (AvgIpc) is 3.07. The van der Waals surface area contributed by atoms with Crippen LogP contribution in [0.2, 0.25) is 5.02 Å². The minimum atomic E-state index is -0.274. The summed E-state index contributed by atoms with van der Waals surface area (Å²) in [5, 5.41) is 1.72. The Bertz CT molecular complexity index is 1020. The number of rotatable bonds is 4. The lowest BCUT2D eigenvalue weighted by Crippen LogP contribution is -2.42. The Morgan fingerprint density at radius 1 is 1.04 bits per heavy atom. The number of halogens is 1. The van der Waals surface area contributed by atoms with Crippen LogP contribution < -0.4 is 5.73 Å². The highest BCUT2D eigenvalue weighted by molar-refractivity contribution is 6.30. The summed E-state index contributed by atoms with van der Waals surface area (Å²) in [5.41, 5.74) is 8.17. The number of para-hydroxylation sites is 1. The van der Waals surface area contributed by atoms with Gasteiger partial charge in [-0.2, -0.15) is 0 Å². The number of carbonyl (C=O) groups excluding carboxylic acids is 2. The Morgan fingerprint density at radius 2 is 1.71 bits per heavy atom. The monoisotopic (exact) mass is 395 g/mol. The maximum atomic E-state index is 13.3. The maximum Gasteiger partial charge on any atom is 0.270 e. The topological polar surface area (TPSA) is 68.3 Å². The van der Waals surface area contributed by atoms with Crippen molar-refractivity contribution < 1.29 is 9.59 Å². The van der Waals surface area contributed by atoms with Crippen LogP contribution in [0.15, 0.2) is 54.6 Å². The van der Waals surface area contributed by atoms with Gasteiger partial charge in [0, 0.05) is 41.5 Å². The van der Waals surface area contributed by atoms with Gasteiger partial charge in [-0.25, -0.2) is 0 Å². The molecule has 3 aromatic rings. The van der Waals surface area contributed by atoms with E-state index in [-0.39, 0.29) is 17.7 Å². The summed E-state index contributed by atoms with van der Waals surface area (Å²) in [4.78, 5) is 26.5. The largest absolute Gasteiger partial charge is 0.369 e. The molecule has 4 rings (SSSR count). The molecule has 0 bridgehead atoms. The van der Waals surface area contributed by atoms with Crippen molar-refractivity contribution in [2.75, 3.05) is 13.1 Å². The van der Waals surface area contributed by atoms with E-state index in [1.165, 1.54) is 0 Å². The lowest BCUT2D eigenvalue weighted by molar-refractivity contribution is -0.123. The van der Waals surface area contributed by atoms with Gasteiger partial charge in [-0.15, -0.1) is 0 Å². The molecule has 1 saturated heterocycles. The molecular weight excluding hydrogens is 374 g/mol. The molecule has 2 N–H and O–H groups in total. The van der Waals surface area contributed by atoms with Crippen molar-refractivity contribution in [2.45, 2.75) is 19.4 Å². The number of nitrogens with two attached hydrogens (primary N) is 1. The molecule has 0 atom stereocenters. The van der Waals surface area contributed by atoms with Crippen LogP contribution >= 0.6 is 11.6 Å². The molecular formula is C22H22ClN3O2. The van der Waals surface area contributed by atoms with Gasteiger partial charge in [0.05, 0.1) is 0 Å². The van der Waals surface area contributed by atoms with Crippen LogP contribution in [0.25, 0.3) is 10.9 Å². The first kappa shape index (κ1) is 18.6. The maximum absolute atomic E-state index is 13.3. The van der Waals surface area contributed by atoms with Gasteiger partial charge in [-0.1, -0.05) is 41.9 Å². The van der Waals surface area contributed by atoms with E-state index >= 15 is 0 Å². The standard InChI is InChI=1S/C22H22ClN3O2/c23-18-7-5-15(6-8-18)14-26-19-4-2-1-3-17(19)13-20(26)22(28)25-11-9-16(10-12-25)21(24)27/h1-8,13,16H,9-12,14H2,(H2,24,27). The molecule has 144 valence electrons. The Morgan fingerprint density at radius 3 is 2.39 bits per heavy atom. The second-order valence-electron chi connectivity index (χ2n) is 7.27. The van der Waals surface area contributed by atoms with E-state index in [1.54, 1.807) is 0 Å². The van der Waals surface area contributed by atoms with Crippen LogP contribution in [0.3, 0.4) is 0 Å². The van der Waals surface area contributed by atoms with Crippen LogP contribution in [0.5, 0.6) is 0 Å². The molecule has 1 aromatic heterocycles. The number of likely N-dealkylation sites (tertiary alicyclic amines) is 1. The number of hydrogen-bond donors (Lipinski definition) is 1. The molecule has 2 aromatic carbocycles. The summed E-state index contributed by atoms with van der Waals surface area (Å²) in [5.74, 6) is -0.416. The summed E-state index contributed by atoms with van der Waals surface area (Å²) in [7, 11) is 0.